The molecule has 4 heteroatoms. The molecule has 0 aliphatic carbocycles. The highest BCUT2D eigenvalue weighted by Crippen LogP contribution is 2.20. The average molecular weight is 240 g/mol. The lowest BCUT2D eigenvalue weighted by molar-refractivity contribution is 0.480. The van der Waals surface area contributed by atoms with Gasteiger partial charge in [0.15, 0.2) is 0 Å². The third kappa shape index (κ3) is 1.98. The molecule has 0 saturated carbocycles. The van der Waals surface area contributed by atoms with E-state index >= 15 is 0 Å². The van der Waals surface area contributed by atoms with Crippen molar-refractivity contribution < 1.29 is 0 Å². The Bertz CT molecular complexity index is 587. The Labute approximate surface area is 106 Å². The van der Waals surface area contributed by atoms with E-state index < -0.39 is 0 Å². The molecule has 1 N–H and O–H groups in total. The van der Waals surface area contributed by atoms with Crippen molar-refractivity contribution in [1.82, 2.24) is 14.9 Å². The topological polar surface area (TPSA) is 53.6 Å². The first kappa shape index (κ1) is 11.2. The van der Waals surface area contributed by atoms with Crippen molar-refractivity contribution in [3.8, 4) is 6.07 Å². The van der Waals surface area contributed by atoms with Crippen LogP contribution < -0.4 is 5.32 Å². The number of benzene rings is 1. The van der Waals surface area contributed by atoms with Crippen molar-refractivity contribution in [2.75, 3.05) is 13.1 Å². The van der Waals surface area contributed by atoms with Gasteiger partial charge in [-0.15, -0.1) is 0 Å². The first-order valence-electron chi connectivity index (χ1n) is 6.40. The van der Waals surface area contributed by atoms with Crippen molar-refractivity contribution in [3.05, 3.63) is 30.1 Å². The predicted octanol–water partition coefficient (Wildman–Crippen LogP) is 1.71. The molecule has 1 atom stereocenters. The molecule has 1 unspecified atom stereocenters. The van der Waals surface area contributed by atoms with Crippen LogP contribution in [-0.2, 0) is 13.0 Å². The third-order valence-corrected chi connectivity index (χ3v) is 3.57. The van der Waals surface area contributed by atoms with E-state index in [-0.39, 0.29) is 0 Å². The molecule has 92 valence electrons. The van der Waals surface area contributed by atoms with Gasteiger partial charge in [-0.2, -0.15) is 5.26 Å². The van der Waals surface area contributed by atoms with E-state index in [9.17, 15) is 0 Å². The van der Waals surface area contributed by atoms with E-state index in [0.717, 1.165) is 36.5 Å². The Kier molecular flexibility index (Phi) is 2.99. The molecule has 1 aliphatic heterocycles. The van der Waals surface area contributed by atoms with Crippen LogP contribution in [-0.4, -0.2) is 22.6 Å². The van der Waals surface area contributed by atoms with Gasteiger partial charge in [-0.3, -0.25) is 0 Å². The number of imidazole rings is 1. The number of nitrogens with zero attached hydrogens (tertiary/aromatic N) is 3. The lowest BCUT2D eigenvalue weighted by atomic mass is 10.1. The van der Waals surface area contributed by atoms with Crippen LogP contribution in [0.1, 0.15) is 12.2 Å². The maximum atomic E-state index is 8.91. The predicted molar refractivity (Wildman–Crippen MR) is 70.0 cm³/mol. The first-order chi connectivity index (χ1) is 8.88. The van der Waals surface area contributed by atoms with E-state index in [1.54, 1.807) is 0 Å². The van der Waals surface area contributed by atoms with Crippen molar-refractivity contribution >= 4 is 11.0 Å². The minimum absolute atomic E-state index is 0.384. The van der Waals surface area contributed by atoms with Crippen LogP contribution >= 0.6 is 0 Å². The zero-order chi connectivity index (χ0) is 12.4. The minimum atomic E-state index is 0.384. The molecule has 0 radical (unpaired) electrons. The van der Waals surface area contributed by atoms with E-state index in [4.69, 9.17) is 5.26 Å². The second-order valence-corrected chi connectivity index (χ2v) is 4.82. The zero-order valence-electron chi connectivity index (χ0n) is 10.3. The summed E-state index contributed by atoms with van der Waals surface area (Å²) in [6, 6.07) is 10.3. The maximum absolute atomic E-state index is 8.91. The summed E-state index contributed by atoms with van der Waals surface area (Å²) in [7, 11) is 0. The minimum Gasteiger partial charge on any atom is -0.327 e. The number of para-hydroxylation sites is 2. The van der Waals surface area contributed by atoms with E-state index in [1.165, 1.54) is 6.42 Å². The van der Waals surface area contributed by atoms with E-state index in [2.05, 4.69) is 27.0 Å². The summed E-state index contributed by atoms with van der Waals surface area (Å²) >= 11 is 0. The van der Waals surface area contributed by atoms with Gasteiger partial charge < -0.3 is 9.88 Å². The molecule has 0 bridgehead atoms. The number of nitrogens with one attached hydrogen (secondary N) is 1. The van der Waals surface area contributed by atoms with Gasteiger partial charge >= 0.3 is 0 Å². The van der Waals surface area contributed by atoms with Crippen molar-refractivity contribution in [2.24, 2.45) is 5.92 Å². The van der Waals surface area contributed by atoms with Crippen LogP contribution in [0, 0.1) is 17.2 Å². The highest BCUT2D eigenvalue weighted by molar-refractivity contribution is 5.75. The third-order valence-electron chi connectivity index (χ3n) is 3.57. The lowest BCUT2D eigenvalue weighted by Crippen LogP contribution is -2.16. The van der Waals surface area contributed by atoms with E-state index in [1.807, 2.05) is 18.2 Å². The number of hydrogen-bond donors (Lipinski definition) is 1. The normalized spacial score (nSPS) is 19.2. The molecule has 18 heavy (non-hydrogen) atoms. The lowest BCUT2D eigenvalue weighted by Gasteiger charge is -2.12. The van der Waals surface area contributed by atoms with Gasteiger partial charge in [-0.1, -0.05) is 12.1 Å². The zero-order valence-corrected chi connectivity index (χ0v) is 10.3. The Morgan fingerprint density at radius 1 is 1.44 bits per heavy atom. The number of rotatable bonds is 3. The molecule has 0 amide bonds. The van der Waals surface area contributed by atoms with Gasteiger partial charge in [0.25, 0.3) is 0 Å². The molecule has 1 aliphatic rings. The quantitative estimate of drug-likeness (QED) is 0.888. The summed E-state index contributed by atoms with van der Waals surface area (Å²) in [6.07, 6.45) is 1.59. The van der Waals surface area contributed by atoms with Crippen molar-refractivity contribution in [1.29, 1.82) is 5.26 Å². The molecule has 1 saturated heterocycles. The SMILES string of the molecule is N#CCc1nc2ccccc2n1CC1CCNC1. The maximum Gasteiger partial charge on any atom is 0.124 e. The van der Waals surface area contributed by atoms with Crippen LogP contribution in [0.25, 0.3) is 11.0 Å². The Morgan fingerprint density at radius 3 is 3.11 bits per heavy atom. The highest BCUT2D eigenvalue weighted by atomic mass is 15.1. The van der Waals surface area contributed by atoms with Gasteiger partial charge in [0.1, 0.15) is 5.82 Å². The van der Waals surface area contributed by atoms with Crippen LogP contribution in [0.15, 0.2) is 24.3 Å². The molecule has 2 heterocycles. The molecule has 0 spiro atoms. The number of nitriles is 1. The number of aromatic nitrogens is 2. The summed E-state index contributed by atoms with van der Waals surface area (Å²) in [5.74, 6) is 1.55. The highest BCUT2D eigenvalue weighted by Gasteiger charge is 2.18. The molecule has 2 aromatic rings. The smallest absolute Gasteiger partial charge is 0.124 e. The fraction of sp³-hybridized carbons (Fsp3) is 0.429. The molecular weight excluding hydrogens is 224 g/mol. The Hall–Kier alpha value is -1.86. The van der Waals surface area contributed by atoms with Crippen molar-refractivity contribution in [3.63, 3.8) is 0 Å². The molecule has 1 aromatic heterocycles. The fourth-order valence-electron chi connectivity index (χ4n) is 2.66. The molecule has 4 nitrogen and oxygen atoms in total. The van der Waals surface area contributed by atoms with Gasteiger partial charge in [0.05, 0.1) is 23.5 Å². The second-order valence-electron chi connectivity index (χ2n) is 4.82. The van der Waals surface area contributed by atoms with Crippen LogP contribution in [0.3, 0.4) is 0 Å². The summed E-state index contributed by atoms with van der Waals surface area (Å²) < 4.78 is 2.22. The summed E-state index contributed by atoms with van der Waals surface area (Å²) in [5, 5.41) is 12.3. The molecular formula is C14H16N4. The van der Waals surface area contributed by atoms with Gasteiger partial charge in [-0.25, -0.2) is 4.98 Å². The fourth-order valence-corrected chi connectivity index (χ4v) is 2.66. The van der Waals surface area contributed by atoms with Crippen LogP contribution in [0.2, 0.25) is 0 Å². The Morgan fingerprint density at radius 2 is 2.33 bits per heavy atom. The van der Waals surface area contributed by atoms with Gasteiger partial charge in [0.2, 0.25) is 0 Å². The van der Waals surface area contributed by atoms with Crippen molar-refractivity contribution in [2.45, 2.75) is 19.4 Å². The number of fused-ring (bicyclic) bond motifs is 1. The van der Waals surface area contributed by atoms with Crippen LogP contribution in [0.5, 0.6) is 0 Å². The molecule has 3 rings (SSSR count). The number of hydrogen-bond acceptors (Lipinski definition) is 3. The summed E-state index contributed by atoms with van der Waals surface area (Å²) in [5.41, 5.74) is 2.14. The second kappa shape index (κ2) is 4.79. The van der Waals surface area contributed by atoms with Gasteiger partial charge in [-0.05, 0) is 37.6 Å². The molecule has 1 fully saturated rings. The average Bonchev–Trinajstić information content (AvgIpc) is 3.00. The Balaban J connectivity index is 2.00. The molecule has 1 aromatic carbocycles. The van der Waals surface area contributed by atoms with Gasteiger partial charge in [0, 0.05) is 6.54 Å². The summed E-state index contributed by atoms with van der Waals surface area (Å²) in [6.45, 7) is 3.13. The summed E-state index contributed by atoms with van der Waals surface area (Å²) in [4.78, 5) is 4.56. The largest absolute Gasteiger partial charge is 0.327 e. The van der Waals surface area contributed by atoms with Crippen LogP contribution in [0.4, 0.5) is 0 Å². The first-order valence-corrected chi connectivity index (χ1v) is 6.40. The monoisotopic (exact) mass is 240 g/mol. The standard InChI is InChI=1S/C14H16N4/c15-7-5-14-17-12-3-1-2-4-13(12)18(14)10-11-6-8-16-9-11/h1-4,11,16H,5-6,8-10H2. The van der Waals surface area contributed by atoms with E-state index in [0.29, 0.717) is 12.3 Å².